The predicted octanol–water partition coefficient (Wildman–Crippen LogP) is 4.09. The van der Waals surface area contributed by atoms with Gasteiger partial charge in [0.05, 0.1) is 17.6 Å². The number of benzene rings is 2. The molecule has 0 spiro atoms. The summed E-state index contributed by atoms with van der Waals surface area (Å²) in [4.78, 5) is 12.2. The number of ether oxygens (including phenoxy) is 1. The molecule has 0 fully saturated rings. The summed E-state index contributed by atoms with van der Waals surface area (Å²) in [6, 6.07) is 11.5. The summed E-state index contributed by atoms with van der Waals surface area (Å²) < 4.78 is 18.6. The lowest BCUT2D eigenvalue weighted by molar-refractivity contribution is 0.0939. The van der Waals surface area contributed by atoms with E-state index in [2.05, 4.69) is 21.2 Å². The molecule has 1 N–H and O–H groups in total. The maximum atomic E-state index is 13.2. The Morgan fingerprint density at radius 1 is 1.29 bits per heavy atom. The normalized spacial score (nSPS) is 11.8. The maximum absolute atomic E-state index is 13.2. The zero-order chi connectivity index (χ0) is 15.4. The summed E-state index contributed by atoms with van der Waals surface area (Å²) in [5.74, 6) is 0.0801. The number of halogens is 2. The van der Waals surface area contributed by atoms with Crippen LogP contribution >= 0.6 is 15.9 Å². The Balaban J connectivity index is 2.12. The molecule has 1 atom stereocenters. The van der Waals surface area contributed by atoms with Gasteiger partial charge in [-0.25, -0.2) is 4.39 Å². The third-order valence-electron chi connectivity index (χ3n) is 3.12. The Morgan fingerprint density at radius 2 is 2.05 bits per heavy atom. The van der Waals surface area contributed by atoms with Gasteiger partial charge in [-0.15, -0.1) is 0 Å². The molecule has 0 aliphatic rings. The van der Waals surface area contributed by atoms with Crippen LogP contribution in [0.3, 0.4) is 0 Å². The average molecular weight is 352 g/mol. The van der Waals surface area contributed by atoms with E-state index in [-0.39, 0.29) is 16.4 Å². The Kier molecular flexibility index (Phi) is 4.96. The molecule has 0 heterocycles. The number of carbonyl (C=O) groups excluding carboxylic acids is 1. The average Bonchev–Trinajstić information content (AvgIpc) is 2.49. The van der Waals surface area contributed by atoms with E-state index in [1.165, 1.54) is 18.2 Å². The van der Waals surface area contributed by atoms with Crippen molar-refractivity contribution in [2.24, 2.45) is 0 Å². The summed E-state index contributed by atoms with van der Waals surface area (Å²) in [7, 11) is 1.60. The molecule has 0 radical (unpaired) electrons. The molecule has 3 nitrogen and oxygen atoms in total. The van der Waals surface area contributed by atoms with Gasteiger partial charge in [0.2, 0.25) is 0 Å². The summed E-state index contributed by atoms with van der Waals surface area (Å²) in [6.45, 7) is 1.88. The Morgan fingerprint density at radius 3 is 2.71 bits per heavy atom. The molecule has 0 aliphatic heterocycles. The van der Waals surface area contributed by atoms with Gasteiger partial charge in [0.15, 0.2) is 0 Å². The van der Waals surface area contributed by atoms with Crippen LogP contribution < -0.4 is 10.1 Å². The van der Waals surface area contributed by atoms with Gasteiger partial charge in [0.1, 0.15) is 11.6 Å². The monoisotopic (exact) mass is 351 g/mol. The van der Waals surface area contributed by atoms with E-state index in [1.807, 2.05) is 31.2 Å². The highest BCUT2D eigenvalue weighted by atomic mass is 79.9. The SMILES string of the molecule is COc1cccc(C(C)NC(=O)c2ccc(F)c(Br)c2)c1. The molecular formula is C16H15BrFNO2. The van der Waals surface area contributed by atoms with Gasteiger partial charge in [-0.2, -0.15) is 0 Å². The van der Waals surface area contributed by atoms with Crippen molar-refractivity contribution in [3.63, 3.8) is 0 Å². The molecular weight excluding hydrogens is 337 g/mol. The Bertz CT molecular complexity index is 660. The minimum Gasteiger partial charge on any atom is -0.497 e. The van der Waals surface area contributed by atoms with Gasteiger partial charge in [0.25, 0.3) is 5.91 Å². The zero-order valence-electron chi connectivity index (χ0n) is 11.7. The first-order chi connectivity index (χ1) is 10.0. The van der Waals surface area contributed by atoms with Crippen molar-refractivity contribution in [3.05, 3.63) is 63.9 Å². The lowest BCUT2D eigenvalue weighted by Crippen LogP contribution is -2.26. The second-order valence-corrected chi connectivity index (χ2v) is 5.45. The second-order valence-electron chi connectivity index (χ2n) is 4.60. The summed E-state index contributed by atoms with van der Waals surface area (Å²) in [5.41, 5.74) is 1.34. The quantitative estimate of drug-likeness (QED) is 0.900. The highest BCUT2D eigenvalue weighted by Gasteiger charge is 2.13. The van der Waals surface area contributed by atoms with Gasteiger partial charge in [0, 0.05) is 5.56 Å². The van der Waals surface area contributed by atoms with Crippen LogP contribution in [0.2, 0.25) is 0 Å². The van der Waals surface area contributed by atoms with Gasteiger partial charge in [-0.1, -0.05) is 12.1 Å². The van der Waals surface area contributed by atoms with Crippen LogP contribution in [0.15, 0.2) is 46.9 Å². The van der Waals surface area contributed by atoms with Crippen LogP contribution in [0.4, 0.5) is 4.39 Å². The molecule has 1 unspecified atom stereocenters. The fourth-order valence-electron chi connectivity index (χ4n) is 1.91. The molecule has 2 aromatic rings. The second kappa shape index (κ2) is 6.72. The van der Waals surface area contributed by atoms with Crippen molar-refractivity contribution in [1.82, 2.24) is 5.32 Å². The minimum absolute atomic E-state index is 0.184. The molecule has 0 bridgehead atoms. The molecule has 2 rings (SSSR count). The van der Waals surface area contributed by atoms with E-state index in [1.54, 1.807) is 7.11 Å². The predicted molar refractivity (Wildman–Crippen MR) is 83.0 cm³/mol. The van der Waals surface area contributed by atoms with Crippen LogP contribution in [0.1, 0.15) is 28.9 Å². The minimum atomic E-state index is -0.396. The summed E-state index contributed by atoms with van der Waals surface area (Å²) >= 11 is 3.07. The van der Waals surface area contributed by atoms with Gasteiger partial charge < -0.3 is 10.1 Å². The molecule has 110 valence electrons. The zero-order valence-corrected chi connectivity index (χ0v) is 13.3. The molecule has 0 aromatic heterocycles. The van der Waals surface area contributed by atoms with E-state index in [0.717, 1.165) is 11.3 Å². The third kappa shape index (κ3) is 3.82. The first kappa shape index (κ1) is 15.5. The number of nitrogens with one attached hydrogen (secondary N) is 1. The number of amides is 1. The van der Waals surface area contributed by atoms with Crippen molar-refractivity contribution in [2.45, 2.75) is 13.0 Å². The maximum Gasteiger partial charge on any atom is 0.251 e. The number of hydrogen-bond donors (Lipinski definition) is 1. The van der Waals surface area contributed by atoms with Crippen molar-refractivity contribution in [1.29, 1.82) is 0 Å². The fraction of sp³-hybridized carbons (Fsp3) is 0.188. The lowest BCUT2D eigenvalue weighted by Gasteiger charge is -2.15. The molecule has 2 aromatic carbocycles. The molecule has 1 amide bonds. The van der Waals surface area contributed by atoms with E-state index < -0.39 is 5.82 Å². The molecule has 0 saturated heterocycles. The topological polar surface area (TPSA) is 38.3 Å². The van der Waals surface area contributed by atoms with Crippen molar-refractivity contribution >= 4 is 21.8 Å². The Hall–Kier alpha value is -1.88. The first-order valence-corrected chi connectivity index (χ1v) is 7.20. The van der Waals surface area contributed by atoms with Crippen molar-refractivity contribution < 1.29 is 13.9 Å². The van der Waals surface area contributed by atoms with Crippen LogP contribution in [0, 0.1) is 5.82 Å². The smallest absolute Gasteiger partial charge is 0.251 e. The number of rotatable bonds is 4. The number of hydrogen-bond acceptors (Lipinski definition) is 2. The molecule has 0 aliphatic carbocycles. The third-order valence-corrected chi connectivity index (χ3v) is 3.73. The summed E-state index contributed by atoms with van der Waals surface area (Å²) in [5, 5.41) is 2.87. The largest absolute Gasteiger partial charge is 0.497 e. The van der Waals surface area contributed by atoms with Gasteiger partial charge in [-0.05, 0) is 58.7 Å². The summed E-state index contributed by atoms with van der Waals surface area (Å²) in [6.07, 6.45) is 0. The highest BCUT2D eigenvalue weighted by molar-refractivity contribution is 9.10. The van der Waals surface area contributed by atoms with E-state index in [4.69, 9.17) is 4.74 Å². The number of methoxy groups -OCH3 is 1. The van der Waals surface area contributed by atoms with Crippen LogP contribution in [0.25, 0.3) is 0 Å². The van der Waals surface area contributed by atoms with Crippen molar-refractivity contribution in [3.8, 4) is 5.75 Å². The van der Waals surface area contributed by atoms with Crippen LogP contribution in [0.5, 0.6) is 5.75 Å². The molecule has 21 heavy (non-hydrogen) atoms. The van der Waals surface area contributed by atoms with E-state index >= 15 is 0 Å². The first-order valence-electron chi connectivity index (χ1n) is 6.41. The standard InChI is InChI=1S/C16H15BrFNO2/c1-10(11-4-3-5-13(8-11)21-2)19-16(20)12-6-7-15(18)14(17)9-12/h3-10H,1-2H3,(H,19,20). The fourth-order valence-corrected chi connectivity index (χ4v) is 2.29. The van der Waals surface area contributed by atoms with Crippen LogP contribution in [-0.4, -0.2) is 13.0 Å². The lowest BCUT2D eigenvalue weighted by atomic mass is 10.1. The van der Waals surface area contributed by atoms with Crippen LogP contribution in [-0.2, 0) is 0 Å². The Labute approximate surface area is 131 Å². The molecule has 0 saturated carbocycles. The highest BCUT2D eigenvalue weighted by Crippen LogP contribution is 2.20. The van der Waals surface area contributed by atoms with E-state index in [9.17, 15) is 9.18 Å². The molecule has 5 heteroatoms. The van der Waals surface area contributed by atoms with Gasteiger partial charge >= 0.3 is 0 Å². The van der Waals surface area contributed by atoms with Crippen molar-refractivity contribution in [2.75, 3.05) is 7.11 Å². The number of carbonyl (C=O) groups is 1. The van der Waals surface area contributed by atoms with Gasteiger partial charge in [-0.3, -0.25) is 4.79 Å². The van der Waals surface area contributed by atoms with E-state index in [0.29, 0.717) is 5.56 Å².